The first-order valence-corrected chi connectivity index (χ1v) is 13.0. The van der Waals surface area contributed by atoms with Gasteiger partial charge in [0.2, 0.25) is 0 Å². The number of hydrogen-bond donors (Lipinski definition) is 2. The van der Waals surface area contributed by atoms with Gasteiger partial charge in [0.15, 0.2) is 0 Å². The number of carbonyl (C=O) groups excluding carboxylic acids is 2. The number of aromatic nitrogens is 2. The van der Waals surface area contributed by atoms with Crippen molar-refractivity contribution in [3.8, 4) is 11.1 Å². The quantitative estimate of drug-likeness (QED) is 0.245. The van der Waals surface area contributed by atoms with Crippen LogP contribution in [0.2, 0.25) is 0 Å². The summed E-state index contributed by atoms with van der Waals surface area (Å²) in [5.41, 5.74) is 6.70. The third-order valence-corrected chi connectivity index (χ3v) is 6.85. The Labute approximate surface area is 231 Å². The van der Waals surface area contributed by atoms with Gasteiger partial charge in [-0.25, -0.2) is 0 Å². The molecule has 0 fully saturated rings. The molecule has 0 atom stereocenters. The van der Waals surface area contributed by atoms with E-state index in [1.807, 2.05) is 111 Å². The van der Waals surface area contributed by atoms with Crippen LogP contribution in [0, 0.1) is 13.8 Å². The van der Waals surface area contributed by atoms with Crippen LogP contribution in [0.15, 0.2) is 109 Å². The number of nitrogens with one attached hydrogen (secondary N) is 2. The zero-order valence-corrected chi connectivity index (χ0v) is 22.1. The van der Waals surface area contributed by atoms with Crippen LogP contribution in [0.4, 0.5) is 11.4 Å². The largest absolute Gasteiger partial charge is 0.322 e. The Morgan fingerprint density at radius 3 is 1.40 bits per heavy atom. The lowest BCUT2D eigenvalue weighted by atomic mass is 9.92. The maximum atomic E-state index is 13.9. The van der Waals surface area contributed by atoms with E-state index in [4.69, 9.17) is 0 Å². The van der Waals surface area contributed by atoms with Gasteiger partial charge >= 0.3 is 0 Å². The number of para-hydroxylation sites is 2. The van der Waals surface area contributed by atoms with Crippen molar-refractivity contribution in [1.29, 1.82) is 0 Å². The second-order valence-corrected chi connectivity index (χ2v) is 9.78. The van der Waals surface area contributed by atoms with E-state index < -0.39 is 0 Å². The number of nitrogens with zero attached hydrogens (tertiary/aromatic N) is 2. The van der Waals surface area contributed by atoms with E-state index in [0.29, 0.717) is 55.4 Å². The summed E-state index contributed by atoms with van der Waals surface area (Å²) in [7, 11) is 0. The molecule has 0 aliphatic carbocycles. The zero-order valence-electron chi connectivity index (χ0n) is 22.1. The van der Waals surface area contributed by atoms with E-state index in [1.165, 1.54) is 0 Å². The molecule has 2 aromatic heterocycles. The average molecular weight is 523 g/mol. The highest BCUT2D eigenvalue weighted by molar-refractivity contribution is 6.21. The molecule has 0 spiro atoms. The number of rotatable bonds is 5. The van der Waals surface area contributed by atoms with Crippen LogP contribution in [-0.2, 0) is 0 Å². The van der Waals surface area contributed by atoms with Crippen LogP contribution >= 0.6 is 0 Å². The fraction of sp³-hybridized carbons (Fsp3) is 0.0588. The maximum Gasteiger partial charge on any atom is 0.257 e. The molecule has 2 amide bonds. The highest BCUT2D eigenvalue weighted by Gasteiger charge is 2.24. The highest BCUT2D eigenvalue weighted by atomic mass is 16.2. The smallest absolute Gasteiger partial charge is 0.257 e. The molecular formula is C34H26N4O2. The second-order valence-electron chi connectivity index (χ2n) is 9.78. The number of fused-ring (bicyclic) bond motifs is 2. The van der Waals surface area contributed by atoms with Gasteiger partial charge in [-0.1, -0.05) is 60.7 Å². The Morgan fingerprint density at radius 1 is 0.550 bits per heavy atom. The molecule has 0 bridgehead atoms. The van der Waals surface area contributed by atoms with E-state index in [0.717, 1.165) is 11.1 Å². The molecule has 6 heteroatoms. The number of pyridine rings is 2. The Morgan fingerprint density at radius 2 is 0.975 bits per heavy atom. The predicted octanol–water partition coefficient (Wildman–Crippen LogP) is 7.57. The summed E-state index contributed by atoms with van der Waals surface area (Å²) in [6.07, 6.45) is 3.31. The van der Waals surface area contributed by atoms with Gasteiger partial charge in [-0.2, -0.15) is 0 Å². The molecule has 0 aliphatic heterocycles. The fourth-order valence-corrected chi connectivity index (χ4v) is 5.01. The lowest BCUT2D eigenvalue weighted by molar-refractivity contribution is 0.101. The normalized spacial score (nSPS) is 10.9. The van der Waals surface area contributed by atoms with Gasteiger partial charge in [-0.05, 0) is 61.4 Å². The van der Waals surface area contributed by atoms with Gasteiger partial charge in [0.05, 0.1) is 22.2 Å². The molecule has 2 N–H and O–H groups in total. The van der Waals surface area contributed by atoms with Crippen molar-refractivity contribution in [1.82, 2.24) is 9.97 Å². The van der Waals surface area contributed by atoms with Crippen molar-refractivity contribution in [2.45, 2.75) is 13.8 Å². The Kier molecular flexibility index (Phi) is 6.50. The lowest BCUT2D eigenvalue weighted by Crippen LogP contribution is -2.17. The van der Waals surface area contributed by atoms with E-state index in [2.05, 4.69) is 20.6 Å². The summed E-state index contributed by atoms with van der Waals surface area (Å²) < 4.78 is 0. The average Bonchev–Trinajstić information content (AvgIpc) is 2.96. The number of benzene rings is 4. The van der Waals surface area contributed by atoms with E-state index in [1.54, 1.807) is 12.4 Å². The van der Waals surface area contributed by atoms with Crippen LogP contribution < -0.4 is 10.6 Å². The molecule has 0 radical (unpaired) electrons. The molecule has 2 heterocycles. The van der Waals surface area contributed by atoms with Crippen LogP contribution in [-0.4, -0.2) is 21.8 Å². The van der Waals surface area contributed by atoms with E-state index in [-0.39, 0.29) is 11.8 Å². The summed E-state index contributed by atoms with van der Waals surface area (Å²) in [6.45, 7) is 3.95. The van der Waals surface area contributed by atoms with Crippen molar-refractivity contribution in [3.63, 3.8) is 0 Å². The summed E-state index contributed by atoms with van der Waals surface area (Å²) >= 11 is 0. The highest BCUT2D eigenvalue weighted by Crippen LogP contribution is 2.35. The fourth-order valence-electron chi connectivity index (χ4n) is 5.01. The molecule has 40 heavy (non-hydrogen) atoms. The van der Waals surface area contributed by atoms with Crippen molar-refractivity contribution in [2.24, 2.45) is 0 Å². The van der Waals surface area contributed by atoms with Gasteiger partial charge in [0.25, 0.3) is 11.8 Å². The minimum Gasteiger partial charge on any atom is -0.322 e. The van der Waals surface area contributed by atoms with Crippen molar-refractivity contribution in [2.75, 3.05) is 10.6 Å². The van der Waals surface area contributed by atoms with Crippen LogP contribution in [0.3, 0.4) is 0 Å². The van der Waals surface area contributed by atoms with Gasteiger partial charge in [-0.3, -0.25) is 19.6 Å². The molecule has 6 nitrogen and oxygen atoms in total. The monoisotopic (exact) mass is 522 g/mol. The predicted molar refractivity (Wildman–Crippen MR) is 161 cm³/mol. The van der Waals surface area contributed by atoms with Gasteiger partial charge in [-0.15, -0.1) is 0 Å². The zero-order chi connectivity index (χ0) is 27.6. The first kappa shape index (κ1) is 24.9. The summed E-state index contributed by atoms with van der Waals surface area (Å²) in [5.74, 6) is -0.588. The molecular weight excluding hydrogens is 496 g/mol. The first-order chi connectivity index (χ1) is 19.5. The van der Waals surface area contributed by atoms with Gasteiger partial charge in [0, 0.05) is 45.7 Å². The molecule has 4 aromatic carbocycles. The number of hydrogen-bond acceptors (Lipinski definition) is 4. The molecule has 0 saturated carbocycles. The Balaban J connectivity index is 1.56. The minimum atomic E-state index is -0.294. The van der Waals surface area contributed by atoms with Gasteiger partial charge in [0.1, 0.15) is 0 Å². The molecule has 0 aliphatic rings. The second kappa shape index (κ2) is 10.4. The van der Waals surface area contributed by atoms with E-state index in [9.17, 15) is 9.59 Å². The van der Waals surface area contributed by atoms with E-state index >= 15 is 0 Å². The number of amides is 2. The Bertz CT molecular complexity index is 1790. The number of anilines is 2. The lowest BCUT2D eigenvalue weighted by Gasteiger charge is -2.17. The van der Waals surface area contributed by atoms with Crippen molar-refractivity contribution in [3.05, 3.63) is 132 Å². The molecule has 0 saturated heterocycles. The maximum absolute atomic E-state index is 13.9. The first-order valence-electron chi connectivity index (χ1n) is 13.0. The SMILES string of the molecule is Cc1cccc(NC(=O)c2c(-c3cnc4ccccc4c3C(=O)Nc3cccc(C)c3)cnc3ccccc23)c1. The van der Waals surface area contributed by atoms with Gasteiger partial charge < -0.3 is 10.6 Å². The third kappa shape index (κ3) is 4.78. The van der Waals surface area contributed by atoms with Crippen LogP contribution in [0.5, 0.6) is 0 Å². The number of aryl methyl sites for hydroxylation is 2. The minimum absolute atomic E-state index is 0.294. The standard InChI is InChI=1S/C34H26N4O2/c1-21-9-7-11-23(17-21)37-33(39)31-25-13-3-5-15-29(25)35-19-27(31)28-20-36-30-16-6-4-14-26(30)32(28)34(40)38-24-12-8-10-22(2)18-24/h3-20H,1-2H3,(H,37,39)(H,38,40). The third-order valence-electron chi connectivity index (χ3n) is 6.85. The topological polar surface area (TPSA) is 84.0 Å². The Hall–Kier alpha value is -5.36. The van der Waals surface area contributed by atoms with Crippen LogP contribution in [0.1, 0.15) is 31.8 Å². The summed E-state index contributed by atoms with van der Waals surface area (Å²) in [4.78, 5) is 37.2. The summed E-state index contributed by atoms with van der Waals surface area (Å²) in [6, 6.07) is 30.3. The number of carbonyl (C=O) groups is 2. The van der Waals surface area contributed by atoms with Crippen LogP contribution in [0.25, 0.3) is 32.9 Å². The molecule has 194 valence electrons. The summed E-state index contributed by atoms with van der Waals surface area (Å²) in [5, 5.41) is 7.46. The van der Waals surface area contributed by atoms with Crippen molar-refractivity contribution >= 4 is 45.0 Å². The molecule has 6 aromatic rings. The molecule has 6 rings (SSSR count). The molecule has 0 unspecified atom stereocenters. The van der Waals surface area contributed by atoms with Crippen molar-refractivity contribution < 1.29 is 9.59 Å².